The van der Waals surface area contributed by atoms with Crippen LogP contribution in [0.1, 0.15) is 19.5 Å². The van der Waals surface area contributed by atoms with Gasteiger partial charge in [-0.2, -0.15) is 5.10 Å². The molecule has 1 atom stereocenters. The van der Waals surface area contributed by atoms with E-state index in [0.29, 0.717) is 6.42 Å². The van der Waals surface area contributed by atoms with Gasteiger partial charge in [0.25, 0.3) is 0 Å². The molecule has 1 heterocycles. The van der Waals surface area contributed by atoms with E-state index in [0.717, 1.165) is 11.2 Å². The molecule has 0 aliphatic carbocycles. The number of ether oxygens (including phenoxy) is 1. The van der Waals surface area contributed by atoms with Crippen LogP contribution in [0.5, 0.6) is 0 Å². The highest BCUT2D eigenvalue weighted by Crippen LogP contribution is 2.22. The Labute approximate surface area is 108 Å². The van der Waals surface area contributed by atoms with E-state index in [1.54, 1.807) is 7.11 Å². The van der Waals surface area contributed by atoms with Crippen LogP contribution in [0.2, 0.25) is 0 Å². The fourth-order valence-electron chi connectivity index (χ4n) is 2.04. The summed E-state index contributed by atoms with van der Waals surface area (Å²) in [6.07, 6.45) is 0.711. The first kappa shape index (κ1) is 13.1. The second-order valence-electron chi connectivity index (χ2n) is 5.21. The smallest absolute Gasteiger partial charge is 0.0776 e. The summed E-state index contributed by atoms with van der Waals surface area (Å²) in [6.45, 7) is 4.01. The molecule has 0 fully saturated rings. The van der Waals surface area contributed by atoms with Gasteiger partial charge >= 0.3 is 0 Å². The number of methoxy groups -OCH3 is 1. The Morgan fingerprint density at radius 3 is 2.72 bits per heavy atom. The predicted molar refractivity (Wildman–Crippen MR) is 73.5 cm³/mol. The maximum Gasteiger partial charge on any atom is 0.0776 e. The van der Waals surface area contributed by atoms with Crippen molar-refractivity contribution >= 4 is 10.9 Å². The minimum Gasteiger partial charge on any atom is -0.377 e. The quantitative estimate of drug-likeness (QED) is 0.897. The van der Waals surface area contributed by atoms with Gasteiger partial charge < -0.3 is 10.5 Å². The molecule has 0 amide bonds. The Bertz CT molecular complexity index is 545. The van der Waals surface area contributed by atoms with Crippen molar-refractivity contribution in [2.45, 2.75) is 31.9 Å². The van der Waals surface area contributed by atoms with Crippen LogP contribution < -0.4 is 5.73 Å². The molecule has 0 saturated heterocycles. The summed E-state index contributed by atoms with van der Waals surface area (Å²) in [5, 5.41) is 5.73. The highest BCUT2D eigenvalue weighted by molar-refractivity contribution is 5.81. The molecule has 0 aliphatic rings. The Kier molecular flexibility index (Phi) is 3.41. The molecule has 1 unspecified atom stereocenters. The molecule has 2 aromatic rings. The lowest BCUT2D eigenvalue weighted by Crippen LogP contribution is -2.46. The first-order valence-corrected chi connectivity index (χ1v) is 6.17. The summed E-state index contributed by atoms with van der Waals surface area (Å²) >= 11 is 0. The number of rotatable bonds is 4. The van der Waals surface area contributed by atoms with Crippen molar-refractivity contribution in [3.63, 3.8) is 0 Å². The zero-order valence-electron chi connectivity index (χ0n) is 11.5. The first-order chi connectivity index (χ1) is 8.45. The molecule has 18 heavy (non-hydrogen) atoms. The fraction of sp³-hybridized carbons (Fsp3) is 0.500. The van der Waals surface area contributed by atoms with Crippen molar-refractivity contribution in [2.75, 3.05) is 7.11 Å². The van der Waals surface area contributed by atoms with E-state index in [9.17, 15) is 0 Å². The highest BCUT2D eigenvalue weighted by atomic mass is 16.5. The number of aromatic nitrogens is 2. The van der Waals surface area contributed by atoms with Crippen molar-refractivity contribution in [3.8, 4) is 0 Å². The van der Waals surface area contributed by atoms with Gasteiger partial charge in [-0.15, -0.1) is 0 Å². The zero-order chi connectivity index (χ0) is 13.3. The minimum absolute atomic E-state index is 0.0826. The molecule has 0 spiro atoms. The monoisotopic (exact) mass is 247 g/mol. The number of aryl methyl sites for hydroxylation is 1. The minimum atomic E-state index is -0.349. The molecule has 1 aromatic heterocycles. The van der Waals surface area contributed by atoms with E-state index in [1.165, 1.54) is 5.39 Å². The molecule has 4 heteroatoms. The number of hydrogen-bond acceptors (Lipinski definition) is 3. The second kappa shape index (κ2) is 4.71. The third-order valence-electron chi connectivity index (χ3n) is 3.67. The summed E-state index contributed by atoms with van der Waals surface area (Å²) in [7, 11) is 3.65. The maximum absolute atomic E-state index is 6.22. The standard InChI is InChI=1S/C14H21N3O/c1-14(2,18-4)13(15)9-11-10-7-5-6-8-12(10)17(3)16-11/h5-8,13H,9,15H2,1-4H3. The van der Waals surface area contributed by atoms with Gasteiger partial charge in [-0.3, -0.25) is 4.68 Å². The van der Waals surface area contributed by atoms with E-state index >= 15 is 0 Å². The Morgan fingerprint density at radius 1 is 1.39 bits per heavy atom. The second-order valence-corrected chi connectivity index (χ2v) is 5.21. The normalized spacial score (nSPS) is 14.1. The van der Waals surface area contributed by atoms with Gasteiger partial charge in [0.15, 0.2) is 0 Å². The van der Waals surface area contributed by atoms with Crippen LogP contribution in [0, 0.1) is 0 Å². The number of nitrogens with two attached hydrogens (primary N) is 1. The molecule has 2 N–H and O–H groups in total. The topological polar surface area (TPSA) is 53.1 Å². The van der Waals surface area contributed by atoms with Gasteiger partial charge in [0.05, 0.1) is 16.8 Å². The van der Waals surface area contributed by atoms with Crippen LogP contribution in [0.4, 0.5) is 0 Å². The Hall–Kier alpha value is -1.39. The van der Waals surface area contributed by atoms with Crippen LogP contribution in [-0.4, -0.2) is 28.5 Å². The SMILES string of the molecule is COC(C)(C)C(N)Cc1nn(C)c2ccccc12. The summed E-state index contributed by atoms with van der Waals surface area (Å²) in [4.78, 5) is 0. The lowest BCUT2D eigenvalue weighted by Gasteiger charge is -2.29. The van der Waals surface area contributed by atoms with E-state index in [4.69, 9.17) is 10.5 Å². The molecule has 0 saturated carbocycles. The van der Waals surface area contributed by atoms with E-state index in [-0.39, 0.29) is 11.6 Å². The molecule has 0 aliphatic heterocycles. The highest BCUT2D eigenvalue weighted by Gasteiger charge is 2.27. The summed E-state index contributed by atoms with van der Waals surface area (Å²) in [5.74, 6) is 0. The van der Waals surface area contributed by atoms with Gasteiger partial charge in [0, 0.05) is 32.0 Å². The number of benzene rings is 1. The maximum atomic E-state index is 6.22. The van der Waals surface area contributed by atoms with Crippen LogP contribution in [0.25, 0.3) is 10.9 Å². The Balaban J connectivity index is 2.33. The molecular weight excluding hydrogens is 226 g/mol. The van der Waals surface area contributed by atoms with Gasteiger partial charge in [0.2, 0.25) is 0 Å². The van der Waals surface area contributed by atoms with Crippen molar-refractivity contribution < 1.29 is 4.74 Å². The van der Waals surface area contributed by atoms with Crippen LogP contribution >= 0.6 is 0 Å². The van der Waals surface area contributed by atoms with Crippen LogP contribution in [0.15, 0.2) is 24.3 Å². The summed E-state index contributed by atoms with van der Waals surface area (Å²) in [5.41, 5.74) is 8.04. The number of para-hydroxylation sites is 1. The number of hydrogen-bond donors (Lipinski definition) is 1. The Morgan fingerprint density at radius 2 is 2.06 bits per heavy atom. The summed E-state index contributed by atoms with van der Waals surface area (Å²) < 4.78 is 7.33. The van der Waals surface area contributed by atoms with Crippen molar-refractivity contribution in [1.82, 2.24) is 9.78 Å². The van der Waals surface area contributed by atoms with Gasteiger partial charge in [-0.1, -0.05) is 18.2 Å². The van der Waals surface area contributed by atoms with E-state index in [1.807, 2.05) is 37.7 Å². The van der Waals surface area contributed by atoms with Crippen molar-refractivity contribution in [1.29, 1.82) is 0 Å². The van der Waals surface area contributed by atoms with Crippen LogP contribution in [0.3, 0.4) is 0 Å². The number of nitrogens with zero attached hydrogens (tertiary/aromatic N) is 2. The average molecular weight is 247 g/mol. The molecule has 0 bridgehead atoms. The zero-order valence-corrected chi connectivity index (χ0v) is 11.5. The molecule has 4 nitrogen and oxygen atoms in total. The molecule has 2 rings (SSSR count). The molecule has 1 aromatic carbocycles. The third kappa shape index (κ3) is 2.26. The molecule has 98 valence electrons. The number of fused-ring (bicyclic) bond motifs is 1. The van der Waals surface area contributed by atoms with Crippen molar-refractivity contribution in [3.05, 3.63) is 30.0 Å². The molecule has 0 radical (unpaired) electrons. The predicted octanol–water partition coefficient (Wildman–Crippen LogP) is 1.87. The first-order valence-electron chi connectivity index (χ1n) is 6.17. The van der Waals surface area contributed by atoms with Gasteiger partial charge in [-0.05, 0) is 19.9 Å². The van der Waals surface area contributed by atoms with E-state index < -0.39 is 0 Å². The average Bonchev–Trinajstić information content (AvgIpc) is 2.67. The van der Waals surface area contributed by atoms with Crippen molar-refractivity contribution in [2.24, 2.45) is 12.8 Å². The fourth-order valence-corrected chi connectivity index (χ4v) is 2.04. The van der Waals surface area contributed by atoms with Gasteiger partial charge in [-0.25, -0.2) is 0 Å². The lowest BCUT2D eigenvalue weighted by atomic mass is 9.94. The van der Waals surface area contributed by atoms with Crippen LogP contribution in [-0.2, 0) is 18.2 Å². The third-order valence-corrected chi connectivity index (χ3v) is 3.67. The molecular formula is C14H21N3O. The largest absolute Gasteiger partial charge is 0.377 e. The summed E-state index contributed by atoms with van der Waals surface area (Å²) in [6, 6.07) is 8.12. The lowest BCUT2D eigenvalue weighted by molar-refractivity contribution is 0.000628. The van der Waals surface area contributed by atoms with E-state index in [2.05, 4.69) is 17.2 Å². The van der Waals surface area contributed by atoms with Gasteiger partial charge in [0.1, 0.15) is 0 Å².